The molecule has 2 nitrogen and oxygen atoms in total. The Morgan fingerprint density at radius 3 is 1.12 bits per heavy atom. The summed E-state index contributed by atoms with van der Waals surface area (Å²) in [5, 5.41) is 12.1. The fourth-order valence-corrected chi connectivity index (χ4v) is 6.31. The molecule has 0 aliphatic rings. The zero-order valence-electron chi connectivity index (χ0n) is 22.8. The predicted molar refractivity (Wildman–Crippen MR) is 178 cm³/mol. The van der Waals surface area contributed by atoms with E-state index in [0.29, 0.717) is 0 Å². The third-order valence-electron chi connectivity index (χ3n) is 8.54. The number of aromatic nitrogens is 2. The lowest BCUT2D eigenvalue weighted by Crippen LogP contribution is -1.88. The van der Waals surface area contributed by atoms with Crippen molar-refractivity contribution in [2.24, 2.45) is 0 Å². The van der Waals surface area contributed by atoms with Crippen molar-refractivity contribution in [3.8, 4) is 22.5 Å². The van der Waals surface area contributed by atoms with Gasteiger partial charge in [0.1, 0.15) is 0 Å². The van der Waals surface area contributed by atoms with Crippen LogP contribution >= 0.6 is 0 Å². The molecular weight excluding hydrogens is 508 g/mol. The lowest BCUT2D eigenvalue weighted by atomic mass is 9.96. The third-order valence-corrected chi connectivity index (χ3v) is 8.54. The van der Waals surface area contributed by atoms with Crippen LogP contribution in [0, 0.1) is 0 Å². The first-order valence-corrected chi connectivity index (χ1v) is 14.3. The van der Waals surface area contributed by atoms with E-state index in [-0.39, 0.29) is 0 Å². The third kappa shape index (κ3) is 3.73. The van der Waals surface area contributed by atoms with Crippen LogP contribution in [0.25, 0.3) is 87.4 Å². The smallest absolute Gasteiger partial charge is 0.0715 e. The van der Waals surface area contributed by atoms with E-state index in [4.69, 9.17) is 9.97 Å². The Morgan fingerprint density at radius 2 is 0.667 bits per heavy atom. The van der Waals surface area contributed by atoms with E-state index in [1.807, 2.05) is 0 Å². The van der Waals surface area contributed by atoms with Gasteiger partial charge in [0.15, 0.2) is 0 Å². The maximum absolute atomic E-state index is 5.09. The molecule has 9 rings (SSSR count). The minimum Gasteiger partial charge on any atom is -0.248 e. The average molecular weight is 533 g/mol. The molecule has 0 aliphatic carbocycles. The Hall–Kier alpha value is -5.60. The summed E-state index contributed by atoms with van der Waals surface area (Å²) in [4.78, 5) is 10.2. The lowest BCUT2D eigenvalue weighted by Gasteiger charge is -2.10. The van der Waals surface area contributed by atoms with Crippen LogP contribution in [0.4, 0.5) is 0 Å². The van der Waals surface area contributed by atoms with Gasteiger partial charge in [0.2, 0.25) is 0 Å². The molecular formula is C40H24N2. The molecule has 0 saturated heterocycles. The number of fused-ring (bicyclic) bond motifs is 7. The molecule has 42 heavy (non-hydrogen) atoms. The lowest BCUT2D eigenvalue weighted by molar-refractivity contribution is 1.41. The first-order chi connectivity index (χ1) is 20.7. The van der Waals surface area contributed by atoms with Crippen LogP contribution in [0.2, 0.25) is 0 Å². The maximum Gasteiger partial charge on any atom is 0.0715 e. The second-order valence-corrected chi connectivity index (χ2v) is 11.1. The normalized spacial score (nSPS) is 11.8. The van der Waals surface area contributed by atoms with Gasteiger partial charge in [-0.1, -0.05) is 97.1 Å². The summed E-state index contributed by atoms with van der Waals surface area (Å²) in [6.07, 6.45) is 0. The standard InChI is InChI=1S/C40H24N2/c1-3-7-29-23-39-31(19-27(29)5-1)15-17-37(41-39)33-13-11-25-9-10-26-12-14-34(22-36(26)35(25)21-33)38-18-16-32-20-28-6-2-4-8-30(28)24-40(32)42-38/h1-24H. The molecule has 0 amide bonds. The molecule has 2 heteroatoms. The van der Waals surface area contributed by atoms with Crippen molar-refractivity contribution in [1.82, 2.24) is 9.97 Å². The van der Waals surface area contributed by atoms with E-state index >= 15 is 0 Å². The average Bonchev–Trinajstić information content (AvgIpc) is 3.05. The minimum atomic E-state index is 0.983. The molecule has 0 fully saturated rings. The minimum absolute atomic E-state index is 0.983. The second kappa shape index (κ2) is 8.95. The summed E-state index contributed by atoms with van der Waals surface area (Å²) in [5.41, 5.74) is 6.23. The molecule has 0 atom stereocenters. The Morgan fingerprint density at radius 1 is 0.286 bits per heavy atom. The molecule has 0 bridgehead atoms. The number of nitrogens with zero attached hydrogens (tertiary/aromatic N) is 2. The van der Waals surface area contributed by atoms with Gasteiger partial charge in [-0.3, -0.25) is 0 Å². The fourth-order valence-electron chi connectivity index (χ4n) is 6.31. The highest BCUT2D eigenvalue weighted by Crippen LogP contribution is 2.34. The van der Waals surface area contributed by atoms with Gasteiger partial charge >= 0.3 is 0 Å². The highest BCUT2D eigenvalue weighted by atomic mass is 14.7. The summed E-state index contributed by atoms with van der Waals surface area (Å²) >= 11 is 0. The van der Waals surface area contributed by atoms with E-state index in [9.17, 15) is 0 Å². The Labute approximate surface area is 242 Å². The molecule has 0 aliphatic heterocycles. The largest absolute Gasteiger partial charge is 0.248 e. The first kappa shape index (κ1) is 23.1. The van der Waals surface area contributed by atoms with Crippen molar-refractivity contribution in [3.05, 3.63) is 146 Å². The van der Waals surface area contributed by atoms with Crippen LogP contribution in [0.5, 0.6) is 0 Å². The zero-order valence-corrected chi connectivity index (χ0v) is 22.8. The van der Waals surface area contributed by atoms with Gasteiger partial charge in [0, 0.05) is 21.9 Å². The van der Waals surface area contributed by atoms with E-state index in [2.05, 4.69) is 146 Å². The van der Waals surface area contributed by atoms with Crippen molar-refractivity contribution in [2.45, 2.75) is 0 Å². The number of pyridine rings is 2. The first-order valence-electron chi connectivity index (χ1n) is 14.3. The van der Waals surface area contributed by atoms with Crippen molar-refractivity contribution in [1.29, 1.82) is 0 Å². The van der Waals surface area contributed by atoms with Crippen molar-refractivity contribution in [3.63, 3.8) is 0 Å². The molecule has 2 aromatic heterocycles. The quantitative estimate of drug-likeness (QED) is 0.163. The fraction of sp³-hybridized carbons (Fsp3) is 0. The Balaban J connectivity index is 1.18. The topological polar surface area (TPSA) is 25.8 Å². The second-order valence-electron chi connectivity index (χ2n) is 11.1. The molecule has 0 radical (unpaired) electrons. The van der Waals surface area contributed by atoms with Gasteiger partial charge in [-0.2, -0.15) is 0 Å². The Bertz CT molecular complexity index is 2350. The van der Waals surface area contributed by atoms with Crippen LogP contribution in [-0.2, 0) is 0 Å². The van der Waals surface area contributed by atoms with Gasteiger partial charge in [0.25, 0.3) is 0 Å². The van der Waals surface area contributed by atoms with Gasteiger partial charge in [-0.25, -0.2) is 9.97 Å². The highest BCUT2D eigenvalue weighted by molar-refractivity contribution is 6.10. The van der Waals surface area contributed by atoms with E-state index in [0.717, 1.165) is 44.3 Å². The summed E-state index contributed by atoms with van der Waals surface area (Å²) < 4.78 is 0. The SMILES string of the molecule is c1ccc2cc3nc(-c4ccc5ccc6ccc(-c7ccc8cc9ccccc9cc8n7)cc6c5c4)ccc3cc2c1. The predicted octanol–water partition coefficient (Wildman–Crippen LogP) is 10.7. The number of benzene rings is 7. The molecule has 9 aromatic rings. The Kier molecular flexibility index (Phi) is 4.93. The monoisotopic (exact) mass is 532 g/mol. The molecule has 194 valence electrons. The maximum atomic E-state index is 5.09. The van der Waals surface area contributed by atoms with Crippen LogP contribution in [0.3, 0.4) is 0 Å². The van der Waals surface area contributed by atoms with E-state index < -0.39 is 0 Å². The molecule has 0 saturated carbocycles. The summed E-state index contributed by atoms with van der Waals surface area (Å²) in [7, 11) is 0. The molecule has 2 heterocycles. The summed E-state index contributed by atoms with van der Waals surface area (Å²) in [5.74, 6) is 0. The van der Waals surface area contributed by atoms with Crippen LogP contribution in [0.15, 0.2) is 146 Å². The van der Waals surface area contributed by atoms with Gasteiger partial charge in [0.05, 0.1) is 22.4 Å². The van der Waals surface area contributed by atoms with Gasteiger partial charge < -0.3 is 0 Å². The number of rotatable bonds is 2. The van der Waals surface area contributed by atoms with Gasteiger partial charge in [-0.05, 0) is 91.6 Å². The molecule has 7 aromatic carbocycles. The van der Waals surface area contributed by atoms with Crippen molar-refractivity contribution >= 4 is 64.9 Å². The highest BCUT2D eigenvalue weighted by Gasteiger charge is 2.10. The number of hydrogen-bond acceptors (Lipinski definition) is 2. The van der Waals surface area contributed by atoms with E-state index in [1.165, 1.54) is 43.1 Å². The molecule has 0 unspecified atom stereocenters. The molecule has 0 N–H and O–H groups in total. The van der Waals surface area contributed by atoms with Crippen LogP contribution < -0.4 is 0 Å². The van der Waals surface area contributed by atoms with E-state index in [1.54, 1.807) is 0 Å². The number of hydrogen-bond donors (Lipinski definition) is 0. The van der Waals surface area contributed by atoms with Crippen LogP contribution in [-0.4, -0.2) is 9.97 Å². The zero-order chi connectivity index (χ0) is 27.6. The van der Waals surface area contributed by atoms with Crippen molar-refractivity contribution < 1.29 is 0 Å². The summed E-state index contributed by atoms with van der Waals surface area (Å²) in [6, 6.07) is 52.2. The van der Waals surface area contributed by atoms with Crippen LogP contribution in [0.1, 0.15) is 0 Å². The van der Waals surface area contributed by atoms with Gasteiger partial charge in [-0.15, -0.1) is 0 Å². The molecule has 0 spiro atoms. The summed E-state index contributed by atoms with van der Waals surface area (Å²) in [6.45, 7) is 0. The van der Waals surface area contributed by atoms with Crippen molar-refractivity contribution in [2.75, 3.05) is 0 Å².